The Kier molecular flexibility index (Phi) is 4.30. The van der Waals surface area contributed by atoms with Crippen molar-refractivity contribution >= 4 is 19.7 Å². The summed E-state index contributed by atoms with van der Waals surface area (Å²) >= 11 is 0. The van der Waals surface area contributed by atoms with E-state index in [0.29, 0.717) is 5.75 Å². The summed E-state index contributed by atoms with van der Waals surface area (Å²) in [5.41, 5.74) is 0.969. The molecule has 106 valence electrons. The molecule has 0 N–H and O–H groups in total. The Hall–Kier alpha value is -1.59. The summed E-state index contributed by atoms with van der Waals surface area (Å²) < 4.78 is 28.7. The van der Waals surface area contributed by atoms with Crippen LogP contribution in [0.4, 0.5) is 0 Å². The summed E-state index contributed by atoms with van der Waals surface area (Å²) in [6.07, 6.45) is 1.46. The van der Waals surface area contributed by atoms with E-state index in [2.05, 4.69) is 4.98 Å². The zero-order valence-corrected chi connectivity index (χ0v) is 12.6. The second-order valence-electron chi connectivity index (χ2n) is 4.54. The van der Waals surface area contributed by atoms with E-state index in [4.69, 9.17) is 15.4 Å². The van der Waals surface area contributed by atoms with Crippen molar-refractivity contribution in [1.29, 1.82) is 0 Å². The van der Waals surface area contributed by atoms with Crippen LogP contribution >= 0.6 is 10.7 Å². The van der Waals surface area contributed by atoms with E-state index in [-0.39, 0.29) is 16.7 Å². The molecular formula is C14H14ClNO3S. The zero-order valence-electron chi connectivity index (χ0n) is 11.1. The Morgan fingerprint density at radius 2 is 1.85 bits per heavy atom. The molecular weight excluding hydrogens is 298 g/mol. The molecule has 0 aliphatic carbocycles. The van der Waals surface area contributed by atoms with Crippen LogP contribution in [0.3, 0.4) is 0 Å². The third kappa shape index (κ3) is 3.29. The number of hydrogen-bond acceptors (Lipinski definition) is 4. The van der Waals surface area contributed by atoms with E-state index in [1.807, 2.05) is 32.0 Å². The molecule has 0 fully saturated rings. The van der Waals surface area contributed by atoms with Crippen LogP contribution < -0.4 is 4.74 Å². The number of ether oxygens (including phenoxy) is 1. The highest BCUT2D eigenvalue weighted by molar-refractivity contribution is 8.13. The van der Waals surface area contributed by atoms with Crippen LogP contribution in [-0.2, 0) is 9.05 Å². The lowest BCUT2D eigenvalue weighted by Gasteiger charge is -2.13. The normalized spacial score (nSPS) is 11.6. The first-order valence-corrected chi connectivity index (χ1v) is 8.37. The molecule has 0 aliphatic heterocycles. The summed E-state index contributed by atoms with van der Waals surface area (Å²) in [6, 6.07) is 10.3. The molecule has 0 saturated heterocycles. The molecule has 20 heavy (non-hydrogen) atoms. The fourth-order valence-corrected chi connectivity index (χ4v) is 2.69. The summed E-state index contributed by atoms with van der Waals surface area (Å²) in [4.78, 5) is 3.82. The first kappa shape index (κ1) is 14.8. The van der Waals surface area contributed by atoms with Gasteiger partial charge < -0.3 is 4.74 Å². The molecule has 0 saturated carbocycles. The summed E-state index contributed by atoms with van der Waals surface area (Å²) in [5.74, 6) is 0.796. The smallest absolute Gasteiger partial charge is 0.266 e. The van der Waals surface area contributed by atoms with Gasteiger partial charge in [-0.2, -0.15) is 0 Å². The van der Waals surface area contributed by atoms with Crippen molar-refractivity contribution in [2.45, 2.75) is 24.7 Å². The van der Waals surface area contributed by atoms with E-state index >= 15 is 0 Å². The van der Waals surface area contributed by atoms with Gasteiger partial charge in [0.2, 0.25) is 5.88 Å². The van der Waals surface area contributed by atoms with Crippen LogP contribution in [0.15, 0.2) is 47.5 Å². The standard InChI is InChI=1S/C14H14ClNO3S/c1-10(2)11-6-3-4-7-12(11)19-14-13(20(15,17)18)8-5-9-16-14/h3-10H,1-2H3. The summed E-state index contributed by atoms with van der Waals surface area (Å²) in [7, 11) is 1.48. The molecule has 1 aromatic carbocycles. The molecule has 6 heteroatoms. The number of rotatable bonds is 4. The minimum Gasteiger partial charge on any atom is -0.437 e. The molecule has 1 aromatic heterocycles. The maximum atomic E-state index is 11.5. The molecule has 0 unspecified atom stereocenters. The molecule has 2 rings (SSSR count). The van der Waals surface area contributed by atoms with Gasteiger partial charge in [-0.1, -0.05) is 32.0 Å². The van der Waals surface area contributed by atoms with Gasteiger partial charge in [0.05, 0.1) is 0 Å². The van der Waals surface area contributed by atoms with Gasteiger partial charge in [0.25, 0.3) is 9.05 Å². The van der Waals surface area contributed by atoms with Crippen LogP contribution in [0.5, 0.6) is 11.6 Å². The Morgan fingerprint density at radius 1 is 1.15 bits per heavy atom. The lowest BCUT2D eigenvalue weighted by Crippen LogP contribution is -2.00. The van der Waals surface area contributed by atoms with Crippen molar-refractivity contribution in [2.24, 2.45) is 0 Å². The van der Waals surface area contributed by atoms with Gasteiger partial charge >= 0.3 is 0 Å². The Bertz CT molecular complexity index is 714. The van der Waals surface area contributed by atoms with Crippen LogP contribution in [0.25, 0.3) is 0 Å². The predicted octanol–water partition coefficient (Wildman–Crippen LogP) is 3.92. The van der Waals surface area contributed by atoms with Gasteiger partial charge in [-0.25, -0.2) is 13.4 Å². The topological polar surface area (TPSA) is 56.3 Å². The van der Waals surface area contributed by atoms with Crippen molar-refractivity contribution in [3.63, 3.8) is 0 Å². The monoisotopic (exact) mass is 311 g/mol. The summed E-state index contributed by atoms with van der Waals surface area (Å²) in [5, 5.41) is 0. The predicted molar refractivity (Wildman–Crippen MR) is 77.9 cm³/mol. The van der Waals surface area contributed by atoms with Gasteiger partial charge in [0, 0.05) is 16.9 Å². The third-order valence-corrected chi connectivity index (χ3v) is 4.08. The number of nitrogens with zero attached hydrogens (tertiary/aromatic N) is 1. The Labute approximate surface area is 122 Å². The number of hydrogen-bond donors (Lipinski definition) is 0. The zero-order chi connectivity index (χ0) is 14.8. The highest BCUT2D eigenvalue weighted by atomic mass is 35.7. The fourth-order valence-electron chi connectivity index (χ4n) is 1.79. The van der Waals surface area contributed by atoms with Gasteiger partial charge in [-0.3, -0.25) is 0 Å². The van der Waals surface area contributed by atoms with Crippen LogP contribution in [0, 0.1) is 0 Å². The minimum atomic E-state index is -3.90. The summed E-state index contributed by atoms with van der Waals surface area (Å²) in [6.45, 7) is 4.06. The first-order chi connectivity index (χ1) is 9.39. The van der Waals surface area contributed by atoms with Crippen molar-refractivity contribution in [1.82, 2.24) is 4.98 Å². The highest BCUT2D eigenvalue weighted by Gasteiger charge is 2.19. The van der Waals surface area contributed by atoms with Crippen LogP contribution in [0.1, 0.15) is 25.3 Å². The average molecular weight is 312 g/mol. The van der Waals surface area contributed by atoms with Gasteiger partial charge in [-0.05, 0) is 29.7 Å². The van der Waals surface area contributed by atoms with E-state index < -0.39 is 9.05 Å². The fraction of sp³-hybridized carbons (Fsp3) is 0.214. The molecule has 0 aliphatic rings. The molecule has 0 bridgehead atoms. The van der Waals surface area contributed by atoms with Gasteiger partial charge in [0.15, 0.2) is 0 Å². The molecule has 2 aromatic rings. The molecule has 0 atom stereocenters. The number of pyridine rings is 1. The van der Waals surface area contributed by atoms with E-state index in [1.54, 1.807) is 6.07 Å². The minimum absolute atomic E-state index is 0.0180. The maximum Gasteiger partial charge on any atom is 0.266 e. The van der Waals surface area contributed by atoms with E-state index in [9.17, 15) is 8.42 Å². The van der Waals surface area contributed by atoms with Gasteiger partial charge in [-0.15, -0.1) is 0 Å². The molecule has 1 heterocycles. The molecule has 4 nitrogen and oxygen atoms in total. The van der Waals surface area contributed by atoms with Crippen LogP contribution in [0.2, 0.25) is 0 Å². The second kappa shape index (κ2) is 5.81. The van der Waals surface area contributed by atoms with Crippen molar-refractivity contribution in [3.05, 3.63) is 48.2 Å². The molecule has 0 radical (unpaired) electrons. The lowest BCUT2D eigenvalue weighted by atomic mass is 10.0. The largest absolute Gasteiger partial charge is 0.437 e. The highest BCUT2D eigenvalue weighted by Crippen LogP contribution is 2.33. The molecule has 0 spiro atoms. The van der Waals surface area contributed by atoms with Gasteiger partial charge in [0.1, 0.15) is 10.6 Å². The Balaban J connectivity index is 2.47. The van der Waals surface area contributed by atoms with E-state index in [0.717, 1.165) is 5.56 Å². The second-order valence-corrected chi connectivity index (χ2v) is 7.07. The van der Waals surface area contributed by atoms with Crippen molar-refractivity contribution in [3.8, 4) is 11.6 Å². The average Bonchev–Trinajstić information content (AvgIpc) is 2.38. The maximum absolute atomic E-state index is 11.5. The SMILES string of the molecule is CC(C)c1ccccc1Oc1ncccc1S(=O)(=O)Cl. The quantitative estimate of drug-likeness (QED) is 0.803. The number of halogens is 1. The number of benzene rings is 1. The third-order valence-electron chi connectivity index (χ3n) is 2.75. The van der Waals surface area contributed by atoms with E-state index in [1.165, 1.54) is 18.3 Å². The Morgan fingerprint density at radius 3 is 2.50 bits per heavy atom. The number of aromatic nitrogens is 1. The van der Waals surface area contributed by atoms with Crippen LogP contribution in [-0.4, -0.2) is 13.4 Å². The van der Waals surface area contributed by atoms with Crippen molar-refractivity contribution < 1.29 is 13.2 Å². The van der Waals surface area contributed by atoms with Crippen molar-refractivity contribution in [2.75, 3.05) is 0 Å². The lowest BCUT2D eigenvalue weighted by molar-refractivity contribution is 0.440. The first-order valence-electron chi connectivity index (χ1n) is 6.06. The number of para-hydroxylation sites is 1. The molecule has 0 amide bonds.